The van der Waals surface area contributed by atoms with Gasteiger partial charge in [-0.3, -0.25) is 4.98 Å². The standard InChI is InChI=1S/C13H7F2NS/c14-8-1-2-9(11(15)7-8)13-10-4-6-17-12(10)3-5-16-13/h1-7H. The third kappa shape index (κ3) is 1.70. The Morgan fingerprint density at radius 2 is 1.94 bits per heavy atom. The van der Waals surface area contributed by atoms with Crippen LogP contribution in [0.2, 0.25) is 0 Å². The minimum atomic E-state index is -0.587. The van der Waals surface area contributed by atoms with E-state index in [0.717, 1.165) is 16.2 Å². The molecule has 2 aromatic heterocycles. The van der Waals surface area contributed by atoms with Gasteiger partial charge in [-0.1, -0.05) is 0 Å². The van der Waals surface area contributed by atoms with Crippen molar-refractivity contribution in [3.05, 3.63) is 53.5 Å². The average Bonchev–Trinajstić information content (AvgIpc) is 2.77. The van der Waals surface area contributed by atoms with E-state index in [1.807, 2.05) is 17.5 Å². The number of fused-ring (bicyclic) bond motifs is 1. The van der Waals surface area contributed by atoms with E-state index >= 15 is 0 Å². The lowest BCUT2D eigenvalue weighted by atomic mass is 10.1. The summed E-state index contributed by atoms with van der Waals surface area (Å²) in [5.74, 6) is -1.17. The van der Waals surface area contributed by atoms with Gasteiger partial charge in [-0.2, -0.15) is 0 Å². The Bertz CT molecular complexity index is 691. The summed E-state index contributed by atoms with van der Waals surface area (Å²) >= 11 is 1.57. The zero-order valence-corrected chi connectivity index (χ0v) is 9.47. The quantitative estimate of drug-likeness (QED) is 0.626. The molecule has 0 aliphatic rings. The van der Waals surface area contributed by atoms with Crippen LogP contribution in [0.5, 0.6) is 0 Å². The van der Waals surface area contributed by atoms with Crippen LogP contribution in [0.1, 0.15) is 0 Å². The molecule has 0 atom stereocenters. The van der Waals surface area contributed by atoms with E-state index in [0.29, 0.717) is 11.3 Å². The Morgan fingerprint density at radius 1 is 1.06 bits per heavy atom. The molecule has 0 fully saturated rings. The zero-order chi connectivity index (χ0) is 11.8. The molecule has 0 radical (unpaired) electrons. The lowest BCUT2D eigenvalue weighted by Crippen LogP contribution is -1.89. The summed E-state index contributed by atoms with van der Waals surface area (Å²) in [6.07, 6.45) is 1.64. The van der Waals surface area contributed by atoms with Crippen molar-refractivity contribution in [2.24, 2.45) is 0 Å². The van der Waals surface area contributed by atoms with Crippen LogP contribution in [0.25, 0.3) is 21.3 Å². The van der Waals surface area contributed by atoms with Crippen LogP contribution < -0.4 is 0 Å². The molecule has 0 bridgehead atoms. The van der Waals surface area contributed by atoms with Gasteiger partial charge in [-0.15, -0.1) is 11.3 Å². The normalized spacial score (nSPS) is 10.9. The van der Waals surface area contributed by atoms with E-state index in [-0.39, 0.29) is 0 Å². The molecule has 1 aromatic carbocycles. The molecule has 0 amide bonds. The van der Waals surface area contributed by atoms with Crippen LogP contribution in [0.3, 0.4) is 0 Å². The molecule has 0 N–H and O–H groups in total. The van der Waals surface area contributed by atoms with Crippen molar-refractivity contribution in [1.29, 1.82) is 0 Å². The molecule has 4 heteroatoms. The number of thiophene rings is 1. The predicted molar refractivity (Wildman–Crippen MR) is 65.0 cm³/mol. The highest BCUT2D eigenvalue weighted by atomic mass is 32.1. The number of aromatic nitrogens is 1. The summed E-state index contributed by atoms with van der Waals surface area (Å²) in [5, 5.41) is 2.82. The molecular formula is C13H7F2NS. The number of halogens is 2. The minimum Gasteiger partial charge on any atom is -0.255 e. The highest BCUT2D eigenvalue weighted by Crippen LogP contribution is 2.31. The number of hydrogen-bond donors (Lipinski definition) is 0. The molecule has 0 saturated heterocycles. The van der Waals surface area contributed by atoms with Crippen molar-refractivity contribution in [3.8, 4) is 11.3 Å². The molecule has 17 heavy (non-hydrogen) atoms. The smallest absolute Gasteiger partial charge is 0.135 e. The third-order valence-corrected chi connectivity index (χ3v) is 3.45. The predicted octanol–water partition coefficient (Wildman–Crippen LogP) is 4.24. The first-order valence-electron chi connectivity index (χ1n) is 5.03. The minimum absolute atomic E-state index is 0.329. The van der Waals surface area contributed by atoms with Gasteiger partial charge < -0.3 is 0 Å². The van der Waals surface area contributed by atoms with Gasteiger partial charge >= 0.3 is 0 Å². The molecule has 2 heterocycles. The zero-order valence-electron chi connectivity index (χ0n) is 8.65. The van der Waals surface area contributed by atoms with Crippen LogP contribution in [0.15, 0.2) is 41.9 Å². The number of hydrogen-bond acceptors (Lipinski definition) is 2. The summed E-state index contributed by atoms with van der Waals surface area (Å²) in [5.41, 5.74) is 0.886. The van der Waals surface area contributed by atoms with E-state index < -0.39 is 11.6 Å². The highest BCUT2D eigenvalue weighted by molar-refractivity contribution is 7.17. The molecule has 3 aromatic rings. The maximum Gasteiger partial charge on any atom is 0.135 e. The van der Waals surface area contributed by atoms with Crippen LogP contribution in [-0.2, 0) is 0 Å². The Labute approximate surface area is 100 Å². The van der Waals surface area contributed by atoms with Gasteiger partial charge in [0, 0.05) is 27.9 Å². The Hall–Kier alpha value is -1.81. The van der Waals surface area contributed by atoms with Crippen molar-refractivity contribution < 1.29 is 8.78 Å². The fourth-order valence-corrected chi connectivity index (χ4v) is 2.57. The van der Waals surface area contributed by atoms with E-state index in [2.05, 4.69) is 4.98 Å². The second-order valence-electron chi connectivity index (χ2n) is 3.62. The summed E-state index contributed by atoms with van der Waals surface area (Å²) in [4.78, 5) is 4.18. The van der Waals surface area contributed by atoms with Gasteiger partial charge in [0.25, 0.3) is 0 Å². The van der Waals surface area contributed by atoms with E-state index in [1.165, 1.54) is 12.1 Å². The fourth-order valence-electron chi connectivity index (χ4n) is 1.79. The summed E-state index contributed by atoms with van der Waals surface area (Å²) in [6.45, 7) is 0. The van der Waals surface area contributed by atoms with Crippen LogP contribution >= 0.6 is 11.3 Å². The maximum atomic E-state index is 13.7. The van der Waals surface area contributed by atoms with Gasteiger partial charge in [0.1, 0.15) is 11.6 Å². The Kier molecular flexibility index (Phi) is 2.37. The van der Waals surface area contributed by atoms with Crippen LogP contribution in [0.4, 0.5) is 8.78 Å². The van der Waals surface area contributed by atoms with Gasteiger partial charge in [-0.05, 0) is 29.6 Å². The van der Waals surface area contributed by atoms with Crippen LogP contribution in [-0.4, -0.2) is 4.98 Å². The molecule has 0 unspecified atom stereocenters. The number of benzene rings is 1. The van der Waals surface area contributed by atoms with Crippen LogP contribution in [0, 0.1) is 11.6 Å². The summed E-state index contributed by atoms with van der Waals surface area (Å²) in [7, 11) is 0. The van der Waals surface area contributed by atoms with Crippen molar-refractivity contribution in [3.63, 3.8) is 0 Å². The average molecular weight is 247 g/mol. The second kappa shape index (κ2) is 3.89. The largest absolute Gasteiger partial charge is 0.255 e. The first kappa shape index (κ1) is 10.4. The summed E-state index contributed by atoms with van der Waals surface area (Å²) < 4.78 is 27.6. The van der Waals surface area contributed by atoms with E-state index in [4.69, 9.17) is 0 Å². The van der Waals surface area contributed by atoms with Crippen molar-refractivity contribution in [2.75, 3.05) is 0 Å². The third-order valence-electron chi connectivity index (χ3n) is 2.57. The first-order valence-corrected chi connectivity index (χ1v) is 5.91. The summed E-state index contributed by atoms with van der Waals surface area (Å²) in [6, 6.07) is 7.31. The molecule has 0 saturated carbocycles. The Morgan fingerprint density at radius 3 is 2.76 bits per heavy atom. The molecule has 3 rings (SSSR count). The molecule has 0 aliphatic carbocycles. The first-order chi connectivity index (χ1) is 8.25. The van der Waals surface area contributed by atoms with Gasteiger partial charge in [0.2, 0.25) is 0 Å². The monoisotopic (exact) mass is 247 g/mol. The van der Waals surface area contributed by atoms with Crippen molar-refractivity contribution in [2.45, 2.75) is 0 Å². The molecule has 84 valence electrons. The van der Waals surface area contributed by atoms with Crippen molar-refractivity contribution >= 4 is 21.4 Å². The van der Waals surface area contributed by atoms with Gasteiger partial charge in [0.15, 0.2) is 0 Å². The topological polar surface area (TPSA) is 12.9 Å². The fraction of sp³-hybridized carbons (Fsp3) is 0. The molecule has 0 spiro atoms. The maximum absolute atomic E-state index is 13.7. The van der Waals surface area contributed by atoms with Gasteiger partial charge in [-0.25, -0.2) is 8.78 Å². The number of nitrogens with zero attached hydrogens (tertiary/aromatic N) is 1. The Balaban J connectivity index is 2.30. The molecule has 0 aliphatic heterocycles. The van der Waals surface area contributed by atoms with Gasteiger partial charge in [0.05, 0.1) is 5.69 Å². The number of rotatable bonds is 1. The van der Waals surface area contributed by atoms with E-state index in [9.17, 15) is 8.78 Å². The van der Waals surface area contributed by atoms with Crippen molar-refractivity contribution in [1.82, 2.24) is 4.98 Å². The lowest BCUT2D eigenvalue weighted by Gasteiger charge is -2.04. The molecule has 1 nitrogen and oxygen atoms in total. The SMILES string of the molecule is Fc1ccc(-c2nccc3sccc23)c(F)c1. The molecular weight excluding hydrogens is 240 g/mol. The second-order valence-corrected chi connectivity index (χ2v) is 4.56. The van der Waals surface area contributed by atoms with E-state index in [1.54, 1.807) is 17.5 Å². The lowest BCUT2D eigenvalue weighted by molar-refractivity contribution is 0.585. The number of pyridine rings is 1. The highest BCUT2D eigenvalue weighted by Gasteiger charge is 2.11.